The maximum Gasteiger partial charge on any atom is 0.306 e. The predicted molar refractivity (Wildman–Crippen MR) is 58.1 cm³/mol. The normalized spacial score (nSPS) is 11.6. The van der Waals surface area contributed by atoms with E-state index in [-0.39, 0.29) is 5.75 Å². The van der Waals surface area contributed by atoms with E-state index in [2.05, 4.69) is 10.2 Å². The van der Waals surface area contributed by atoms with Crippen LogP contribution in [0.5, 0.6) is 11.5 Å². The fraction of sp³-hybridized carbons (Fsp3) is 0.222. The summed E-state index contributed by atoms with van der Waals surface area (Å²) in [6, 6.07) is 3.19. The predicted octanol–water partition coefficient (Wildman–Crippen LogP) is 0.910. The third kappa shape index (κ3) is 1.94. The number of rotatable bonds is 3. The van der Waals surface area contributed by atoms with E-state index in [1.165, 1.54) is 13.2 Å². The molecule has 6 nitrogen and oxygen atoms in total. The van der Waals surface area contributed by atoms with Gasteiger partial charge in [-0.15, -0.1) is 0 Å². The fourth-order valence-corrected chi connectivity index (χ4v) is 1.87. The van der Waals surface area contributed by atoms with E-state index in [1.54, 1.807) is 12.3 Å². The second-order valence-corrected chi connectivity index (χ2v) is 4.79. The highest BCUT2D eigenvalue weighted by molar-refractivity contribution is 7.86. The van der Waals surface area contributed by atoms with E-state index < -0.39 is 10.1 Å². The van der Waals surface area contributed by atoms with Crippen molar-refractivity contribution < 1.29 is 17.3 Å². The molecule has 0 saturated carbocycles. The van der Waals surface area contributed by atoms with Gasteiger partial charge in [0, 0.05) is 0 Å². The minimum absolute atomic E-state index is 0.152. The Labute approximate surface area is 92.3 Å². The Bertz CT molecular complexity index is 617. The zero-order chi connectivity index (χ0) is 11.8. The first-order valence-corrected chi connectivity index (χ1v) is 6.22. The Balaban J connectivity index is 2.61. The molecule has 0 atom stereocenters. The Kier molecular flexibility index (Phi) is 2.47. The highest BCUT2D eigenvalue weighted by Crippen LogP contribution is 2.35. The van der Waals surface area contributed by atoms with Crippen molar-refractivity contribution in [3.63, 3.8) is 0 Å². The SMILES string of the molecule is COc1c(OS(C)(=O)=O)ccc2[nH]ncc12. The monoisotopic (exact) mass is 242 g/mol. The van der Waals surface area contributed by atoms with Crippen LogP contribution in [0.3, 0.4) is 0 Å². The summed E-state index contributed by atoms with van der Waals surface area (Å²) in [5, 5.41) is 7.26. The van der Waals surface area contributed by atoms with Crippen LogP contribution in [0.15, 0.2) is 18.3 Å². The van der Waals surface area contributed by atoms with Crippen LogP contribution in [0.1, 0.15) is 0 Å². The first kappa shape index (κ1) is 10.7. The lowest BCUT2D eigenvalue weighted by Gasteiger charge is -2.08. The molecule has 1 aromatic heterocycles. The Morgan fingerprint density at radius 2 is 2.12 bits per heavy atom. The van der Waals surface area contributed by atoms with Crippen LogP contribution < -0.4 is 8.92 Å². The summed E-state index contributed by atoms with van der Waals surface area (Å²) >= 11 is 0. The lowest BCUT2D eigenvalue weighted by atomic mass is 10.2. The van der Waals surface area contributed by atoms with E-state index in [0.29, 0.717) is 11.1 Å². The summed E-state index contributed by atoms with van der Waals surface area (Å²) in [5.41, 5.74) is 0.748. The molecule has 1 heterocycles. The molecule has 0 saturated heterocycles. The first-order chi connectivity index (χ1) is 7.51. The summed E-state index contributed by atoms with van der Waals surface area (Å²) in [5.74, 6) is 0.496. The van der Waals surface area contributed by atoms with Gasteiger partial charge in [0.25, 0.3) is 0 Å². The molecule has 0 bridgehead atoms. The van der Waals surface area contributed by atoms with Gasteiger partial charge in [0.15, 0.2) is 11.5 Å². The fourth-order valence-electron chi connectivity index (χ4n) is 1.41. The van der Waals surface area contributed by atoms with Crippen LogP contribution in [-0.4, -0.2) is 32.0 Å². The molecule has 0 aliphatic heterocycles. The van der Waals surface area contributed by atoms with Crippen LogP contribution in [-0.2, 0) is 10.1 Å². The Morgan fingerprint density at radius 3 is 2.75 bits per heavy atom. The number of nitrogens with one attached hydrogen (secondary N) is 1. The van der Waals surface area contributed by atoms with E-state index >= 15 is 0 Å². The van der Waals surface area contributed by atoms with Gasteiger partial charge in [-0.25, -0.2) is 0 Å². The number of aromatic nitrogens is 2. The van der Waals surface area contributed by atoms with E-state index in [9.17, 15) is 8.42 Å². The molecule has 86 valence electrons. The minimum atomic E-state index is -3.57. The number of hydrogen-bond acceptors (Lipinski definition) is 5. The zero-order valence-electron chi connectivity index (χ0n) is 8.72. The second kappa shape index (κ2) is 3.67. The molecule has 1 N–H and O–H groups in total. The van der Waals surface area contributed by atoms with Crippen molar-refractivity contribution in [3.8, 4) is 11.5 Å². The highest BCUT2D eigenvalue weighted by atomic mass is 32.2. The summed E-state index contributed by atoms with van der Waals surface area (Å²) in [7, 11) is -2.13. The molecule has 0 aliphatic rings. The van der Waals surface area contributed by atoms with Gasteiger partial charge in [-0.1, -0.05) is 0 Å². The largest absolute Gasteiger partial charge is 0.492 e. The number of nitrogens with zero attached hydrogens (tertiary/aromatic N) is 1. The van der Waals surface area contributed by atoms with Crippen LogP contribution in [0, 0.1) is 0 Å². The summed E-state index contributed by atoms with van der Waals surface area (Å²) in [6.07, 6.45) is 2.52. The van der Waals surface area contributed by atoms with Gasteiger partial charge in [0.1, 0.15) is 0 Å². The van der Waals surface area contributed by atoms with Crippen LogP contribution in [0.4, 0.5) is 0 Å². The van der Waals surface area contributed by atoms with Crippen molar-refractivity contribution in [2.24, 2.45) is 0 Å². The van der Waals surface area contributed by atoms with Crippen molar-refractivity contribution in [3.05, 3.63) is 18.3 Å². The quantitative estimate of drug-likeness (QED) is 0.809. The Hall–Kier alpha value is -1.76. The lowest BCUT2D eigenvalue weighted by Crippen LogP contribution is -2.06. The van der Waals surface area contributed by atoms with E-state index in [0.717, 1.165) is 11.8 Å². The van der Waals surface area contributed by atoms with E-state index in [1.807, 2.05) is 0 Å². The van der Waals surface area contributed by atoms with Gasteiger partial charge < -0.3 is 8.92 Å². The summed E-state index contributed by atoms with van der Waals surface area (Å²) in [6.45, 7) is 0. The second-order valence-electron chi connectivity index (χ2n) is 3.22. The lowest BCUT2D eigenvalue weighted by molar-refractivity contribution is 0.396. The number of benzene rings is 1. The van der Waals surface area contributed by atoms with Gasteiger partial charge in [-0.3, -0.25) is 5.10 Å². The summed E-state index contributed by atoms with van der Waals surface area (Å²) in [4.78, 5) is 0. The van der Waals surface area contributed by atoms with Crippen LogP contribution in [0.25, 0.3) is 10.9 Å². The molecule has 0 unspecified atom stereocenters. The van der Waals surface area contributed by atoms with Gasteiger partial charge >= 0.3 is 10.1 Å². The van der Waals surface area contributed by atoms with Crippen LogP contribution in [0.2, 0.25) is 0 Å². The smallest absolute Gasteiger partial charge is 0.306 e. The molecule has 1 aromatic carbocycles. The first-order valence-electron chi connectivity index (χ1n) is 4.41. The number of H-pyrrole nitrogens is 1. The van der Waals surface area contributed by atoms with Crippen molar-refractivity contribution >= 4 is 21.0 Å². The zero-order valence-corrected chi connectivity index (χ0v) is 9.54. The molecule has 0 radical (unpaired) electrons. The van der Waals surface area contributed by atoms with E-state index in [4.69, 9.17) is 8.92 Å². The third-order valence-corrected chi connectivity index (χ3v) is 2.47. The van der Waals surface area contributed by atoms with Crippen molar-refractivity contribution in [2.45, 2.75) is 0 Å². The molecule has 16 heavy (non-hydrogen) atoms. The molecule has 7 heteroatoms. The van der Waals surface area contributed by atoms with Gasteiger partial charge in [0.05, 0.1) is 30.5 Å². The van der Waals surface area contributed by atoms with Gasteiger partial charge in [0.2, 0.25) is 0 Å². The van der Waals surface area contributed by atoms with Gasteiger partial charge in [-0.2, -0.15) is 13.5 Å². The molecule has 2 aromatic rings. The average Bonchev–Trinajstić information content (AvgIpc) is 2.62. The average molecular weight is 242 g/mol. The molecule has 0 spiro atoms. The summed E-state index contributed by atoms with van der Waals surface area (Å²) < 4.78 is 32.0. The number of methoxy groups -OCH3 is 1. The molecular weight excluding hydrogens is 232 g/mol. The number of aromatic amines is 1. The van der Waals surface area contributed by atoms with Gasteiger partial charge in [-0.05, 0) is 12.1 Å². The van der Waals surface area contributed by atoms with Crippen LogP contribution >= 0.6 is 0 Å². The minimum Gasteiger partial charge on any atom is -0.492 e. The van der Waals surface area contributed by atoms with Crippen molar-refractivity contribution in [1.82, 2.24) is 10.2 Å². The highest BCUT2D eigenvalue weighted by Gasteiger charge is 2.14. The molecular formula is C9H10N2O4S. The molecule has 0 fully saturated rings. The maximum absolute atomic E-state index is 11.0. The van der Waals surface area contributed by atoms with Crippen molar-refractivity contribution in [2.75, 3.05) is 13.4 Å². The molecule has 0 amide bonds. The number of fused-ring (bicyclic) bond motifs is 1. The molecule has 0 aliphatic carbocycles. The number of hydrogen-bond donors (Lipinski definition) is 1. The molecule has 2 rings (SSSR count). The number of ether oxygens (including phenoxy) is 1. The Morgan fingerprint density at radius 1 is 1.38 bits per heavy atom. The standard InChI is InChI=1S/C9H10N2O4S/c1-14-9-6-5-10-11-7(6)3-4-8(9)15-16(2,12)13/h3-5H,1-2H3,(H,10,11). The third-order valence-electron chi connectivity index (χ3n) is 1.98. The topological polar surface area (TPSA) is 81.3 Å². The maximum atomic E-state index is 11.0. The van der Waals surface area contributed by atoms with Crippen molar-refractivity contribution in [1.29, 1.82) is 0 Å².